The van der Waals surface area contributed by atoms with Crippen molar-refractivity contribution in [1.82, 2.24) is 0 Å². The van der Waals surface area contributed by atoms with Gasteiger partial charge in [-0.15, -0.1) is 0 Å². The maximum absolute atomic E-state index is 11.2. The van der Waals surface area contributed by atoms with Crippen molar-refractivity contribution in [3.8, 4) is 6.07 Å². The van der Waals surface area contributed by atoms with Crippen molar-refractivity contribution in [2.45, 2.75) is 63.4 Å². The lowest BCUT2D eigenvalue weighted by Gasteiger charge is -2.41. The van der Waals surface area contributed by atoms with Crippen LogP contribution in [0, 0.1) is 11.3 Å². The summed E-state index contributed by atoms with van der Waals surface area (Å²) >= 11 is 0. The molecule has 0 spiro atoms. The molecule has 1 aromatic rings. The second kappa shape index (κ2) is 5.35. The van der Waals surface area contributed by atoms with E-state index in [1.54, 1.807) is 0 Å². The van der Waals surface area contributed by atoms with Crippen LogP contribution in [-0.4, -0.2) is 10.7 Å². The van der Waals surface area contributed by atoms with Gasteiger partial charge in [0.15, 0.2) is 0 Å². The van der Waals surface area contributed by atoms with Crippen molar-refractivity contribution in [1.29, 1.82) is 5.26 Å². The molecule has 0 radical (unpaired) electrons. The van der Waals surface area contributed by atoms with E-state index in [2.05, 4.69) is 26.0 Å². The molecule has 1 N–H and O–H groups in total. The molecule has 1 atom stereocenters. The minimum Gasteiger partial charge on any atom is -0.388 e. The van der Waals surface area contributed by atoms with Gasteiger partial charge in [-0.2, -0.15) is 5.26 Å². The smallest absolute Gasteiger partial charge is 0.111 e. The molecule has 1 aromatic carbocycles. The molecule has 0 bridgehead atoms. The van der Waals surface area contributed by atoms with E-state index in [1.165, 1.54) is 5.56 Å². The number of hydrogen-bond acceptors (Lipinski definition) is 2. The summed E-state index contributed by atoms with van der Waals surface area (Å²) in [6, 6.07) is 10.6. The Labute approximate surface area is 116 Å². The molecule has 1 aliphatic rings. The van der Waals surface area contributed by atoms with Crippen LogP contribution in [0.5, 0.6) is 0 Å². The predicted octanol–water partition coefficient (Wildman–Crippen LogP) is 3.73. The highest BCUT2D eigenvalue weighted by Gasteiger charge is 2.53. The summed E-state index contributed by atoms with van der Waals surface area (Å²) in [4.78, 5) is 0. The first-order chi connectivity index (χ1) is 9.13. The van der Waals surface area contributed by atoms with Crippen LogP contribution < -0.4 is 0 Å². The lowest BCUT2D eigenvalue weighted by atomic mass is 9.65. The van der Waals surface area contributed by atoms with E-state index in [-0.39, 0.29) is 0 Å². The Balaban J connectivity index is 2.52. The summed E-state index contributed by atoms with van der Waals surface area (Å²) in [7, 11) is 0. The highest BCUT2D eigenvalue weighted by atomic mass is 16.3. The van der Waals surface area contributed by atoms with E-state index < -0.39 is 11.0 Å². The van der Waals surface area contributed by atoms with Crippen LogP contribution in [0.1, 0.15) is 57.1 Å². The first kappa shape index (κ1) is 14.1. The fourth-order valence-corrected chi connectivity index (χ4v) is 3.69. The van der Waals surface area contributed by atoms with Gasteiger partial charge in [0.1, 0.15) is 5.41 Å². The van der Waals surface area contributed by atoms with Crippen LogP contribution in [0.4, 0.5) is 0 Å². The Hall–Kier alpha value is -1.33. The van der Waals surface area contributed by atoms with Crippen LogP contribution in [0.2, 0.25) is 0 Å². The molecule has 2 nitrogen and oxygen atoms in total. The zero-order valence-electron chi connectivity index (χ0n) is 11.9. The number of nitrogens with zero attached hydrogens (tertiary/aromatic N) is 1. The van der Waals surface area contributed by atoms with Crippen molar-refractivity contribution in [2.24, 2.45) is 0 Å². The van der Waals surface area contributed by atoms with Crippen LogP contribution in [0.3, 0.4) is 0 Å². The van der Waals surface area contributed by atoms with Gasteiger partial charge >= 0.3 is 0 Å². The van der Waals surface area contributed by atoms with Gasteiger partial charge in [0.05, 0.1) is 11.7 Å². The minimum atomic E-state index is -0.891. The van der Waals surface area contributed by atoms with E-state index in [0.29, 0.717) is 12.8 Å². The number of aryl methyl sites for hydroxylation is 1. The quantitative estimate of drug-likeness (QED) is 0.873. The topological polar surface area (TPSA) is 44.0 Å². The SMILES string of the molecule is CCCC(O)(CCC)C1(C#N)CCc2ccccc21. The zero-order valence-corrected chi connectivity index (χ0v) is 11.9. The normalized spacial score (nSPS) is 22.0. The van der Waals surface area contributed by atoms with E-state index >= 15 is 0 Å². The lowest BCUT2D eigenvalue weighted by Crippen LogP contribution is -2.49. The van der Waals surface area contributed by atoms with Gasteiger partial charge in [0.25, 0.3) is 0 Å². The molecule has 2 rings (SSSR count). The molecule has 0 fully saturated rings. The number of nitriles is 1. The maximum atomic E-state index is 11.2. The molecule has 1 aliphatic carbocycles. The summed E-state index contributed by atoms with van der Waals surface area (Å²) in [6.07, 6.45) is 4.86. The Bertz CT molecular complexity index is 482. The summed E-state index contributed by atoms with van der Waals surface area (Å²) in [5.74, 6) is 0. The van der Waals surface area contributed by atoms with Crippen molar-refractivity contribution >= 4 is 0 Å². The second-order valence-electron chi connectivity index (χ2n) is 5.71. The summed E-state index contributed by atoms with van der Waals surface area (Å²) < 4.78 is 0. The Morgan fingerprint density at radius 3 is 2.47 bits per heavy atom. The van der Waals surface area contributed by atoms with Gasteiger partial charge in [-0.05, 0) is 36.8 Å². The standard InChI is InChI=1S/C17H23NO/c1-3-10-17(19,11-4-2)16(13-18)12-9-14-7-5-6-8-15(14)16/h5-8,19H,3-4,9-12H2,1-2H3. The van der Waals surface area contributed by atoms with Crippen molar-refractivity contribution in [3.05, 3.63) is 35.4 Å². The molecule has 0 saturated heterocycles. The third kappa shape index (κ3) is 2.07. The highest BCUT2D eigenvalue weighted by molar-refractivity contribution is 5.47. The lowest BCUT2D eigenvalue weighted by molar-refractivity contribution is -0.0334. The third-order valence-corrected chi connectivity index (χ3v) is 4.56. The first-order valence-electron chi connectivity index (χ1n) is 7.35. The number of hydrogen-bond donors (Lipinski definition) is 1. The monoisotopic (exact) mass is 257 g/mol. The Kier molecular flexibility index (Phi) is 3.96. The number of rotatable bonds is 5. The van der Waals surface area contributed by atoms with Crippen molar-refractivity contribution < 1.29 is 5.11 Å². The molecule has 0 aliphatic heterocycles. The number of fused-ring (bicyclic) bond motifs is 1. The molecular formula is C17H23NO. The maximum Gasteiger partial charge on any atom is 0.111 e. The summed E-state index contributed by atoms with van der Waals surface area (Å²) in [5, 5.41) is 21.0. The number of benzene rings is 1. The van der Waals surface area contributed by atoms with Crippen LogP contribution >= 0.6 is 0 Å². The Morgan fingerprint density at radius 2 is 1.89 bits per heavy atom. The Morgan fingerprint density at radius 1 is 1.26 bits per heavy atom. The van der Waals surface area contributed by atoms with Gasteiger partial charge in [-0.3, -0.25) is 0 Å². The molecule has 0 amide bonds. The average molecular weight is 257 g/mol. The average Bonchev–Trinajstić information content (AvgIpc) is 2.80. The molecular weight excluding hydrogens is 234 g/mol. The van der Waals surface area contributed by atoms with E-state index in [9.17, 15) is 10.4 Å². The fourth-order valence-electron chi connectivity index (χ4n) is 3.69. The molecule has 0 saturated carbocycles. The zero-order chi connectivity index (χ0) is 13.9. The fraction of sp³-hybridized carbons (Fsp3) is 0.588. The van der Waals surface area contributed by atoms with Gasteiger partial charge in [0, 0.05) is 0 Å². The number of aliphatic hydroxyl groups is 1. The second-order valence-corrected chi connectivity index (χ2v) is 5.71. The first-order valence-corrected chi connectivity index (χ1v) is 7.35. The van der Waals surface area contributed by atoms with Crippen LogP contribution in [0.25, 0.3) is 0 Å². The summed E-state index contributed by atoms with van der Waals surface area (Å²) in [6.45, 7) is 4.15. The van der Waals surface area contributed by atoms with Crippen LogP contribution in [-0.2, 0) is 11.8 Å². The predicted molar refractivity (Wildman–Crippen MR) is 76.8 cm³/mol. The van der Waals surface area contributed by atoms with Gasteiger partial charge < -0.3 is 5.11 Å². The van der Waals surface area contributed by atoms with E-state index in [0.717, 1.165) is 31.2 Å². The minimum absolute atomic E-state index is 0.697. The molecule has 1 unspecified atom stereocenters. The molecule has 0 aromatic heterocycles. The third-order valence-electron chi connectivity index (χ3n) is 4.56. The van der Waals surface area contributed by atoms with Crippen molar-refractivity contribution in [2.75, 3.05) is 0 Å². The summed E-state index contributed by atoms with van der Waals surface area (Å²) in [5.41, 5.74) is 0.685. The van der Waals surface area contributed by atoms with Gasteiger partial charge in [-0.25, -0.2) is 0 Å². The highest BCUT2D eigenvalue weighted by Crippen LogP contribution is 2.49. The van der Waals surface area contributed by atoms with Gasteiger partial charge in [-0.1, -0.05) is 51.0 Å². The largest absolute Gasteiger partial charge is 0.388 e. The van der Waals surface area contributed by atoms with Gasteiger partial charge in [0.2, 0.25) is 0 Å². The van der Waals surface area contributed by atoms with E-state index in [4.69, 9.17) is 0 Å². The van der Waals surface area contributed by atoms with Crippen LogP contribution in [0.15, 0.2) is 24.3 Å². The van der Waals surface area contributed by atoms with E-state index in [1.807, 2.05) is 18.2 Å². The molecule has 19 heavy (non-hydrogen) atoms. The van der Waals surface area contributed by atoms with Crippen molar-refractivity contribution in [3.63, 3.8) is 0 Å². The molecule has 2 heteroatoms. The molecule has 102 valence electrons. The molecule has 0 heterocycles.